The van der Waals surface area contributed by atoms with Gasteiger partial charge in [-0.05, 0) is 44.2 Å². The van der Waals surface area contributed by atoms with E-state index in [2.05, 4.69) is 5.32 Å². The van der Waals surface area contributed by atoms with E-state index in [4.69, 9.17) is 0 Å². The van der Waals surface area contributed by atoms with Crippen molar-refractivity contribution >= 4 is 5.69 Å². The van der Waals surface area contributed by atoms with Crippen molar-refractivity contribution in [1.82, 2.24) is 5.32 Å². The number of nitrogens with one attached hydrogen (secondary N) is 1. The van der Waals surface area contributed by atoms with Gasteiger partial charge in [0.15, 0.2) is 0 Å². The molecule has 1 aromatic rings. The van der Waals surface area contributed by atoms with Gasteiger partial charge in [-0.3, -0.25) is 0 Å². The molecular weight excluding hydrogens is 272 g/mol. The monoisotopic (exact) mass is 292 g/mol. The summed E-state index contributed by atoms with van der Waals surface area (Å²) in [6, 6.07) is 2.83. The van der Waals surface area contributed by atoms with Gasteiger partial charge in [0.1, 0.15) is 5.82 Å². The van der Waals surface area contributed by atoms with E-state index in [0.717, 1.165) is 0 Å². The maximum atomic E-state index is 13.7. The van der Waals surface area contributed by atoms with Crippen LogP contribution in [0, 0.1) is 12.7 Å². The van der Waals surface area contributed by atoms with Crippen LogP contribution in [0.25, 0.3) is 0 Å². The third-order valence-electron chi connectivity index (χ3n) is 3.35. The summed E-state index contributed by atoms with van der Waals surface area (Å²) in [5.74, 6) is -0.352. The second kappa shape index (κ2) is 6.43. The highest BCUT2D eigenvalue weighted by molar-refractivity contribution is 5.56. The van der Waals surface area contributed by atoms with Gasteiger partial charge in [-0.25, -0.2) is 4.39 Å². The summed E-state index contributed by atoms with van der Waals surface area (Å²) >= 11 is 0. The Morgan fingerprint density at radius 3 is 2.40 bits per heavy atom. The Bertz CT molecular complexity index is 457. The molecule has 0 fully saturated rings. The first-order valence-electron chi connectivity index (χ1n) is 6.41. The number of alkyl halides is 3. The first-order valence-corrected chi connectivity index (χ1v) is 6.41. The van der Waals surface area contributed by atoms with Gasteiger partial charge in [-0.2, -0.15) is 13.2 Å². The van der Waals surface area contributed by atoms with Gasteiger partial charge in [0.05, 0.1) is 6.42 Å². The Labute approximate surface area is 116 Å². The van der Waals surface area contributed by atoms with Crippen LogP contribution < -0.4 is 10.2 Å². The van der Waals surface area contributed by atoms with E-state index in [9.17, 15) is 17.6 Å². The molecule has 0 aliphatic heterocycles. The molecule has 0 amide bonds. The number of hydrogen-bond donors (Lipinski definition) is 1. The lowest BCUT2D eigenvalue weighted by molar-refractivity contribution is -0.132. The molecule has 0 radical (unpaired) electrons. The van der Waals surface area contributed by atoms with Crippen molar-refractivity contribution in [3.8, 4) is 0 Å². The molecule has 6 heteroatoms. The molecule has 0 saturated heterocycles. The summed E-state index contributed by atoms with van der Waals surface area (Å²) in [5.41, 5.74) is 1.70. The fourth-order valence-electron chi connectivity index (χ4n) is 1.93. The molecule has 20 heavy (non-hydrogen) atoms. The third-order valence-corrected chi connectivity index (χ3v) is 3.35. The zero-order chi connectivity index (χ0) is 15.5. The van der Waals surface area contributed by atoms with Crippen LogP contribution in [-0.4, -0.2) is 26.8 Å². The zero-order valence-corrected chi connectivity index (χ0v) is 12.1. The minimum absolute atomic E-state index is 0.145. The molecule has 1 N–H and O–H groups in total. The summed E-state index contributed by atoms with van der Waals surface area (Å²) in [6.45, 7) is 3.29. The second-order valence-corrected chi connectivity index (χ2v) is 4.96. The van der Waals surface area contributed by atoms with Crippen molar-refractivity contribution in [3.05, 3.63) is 29.1 Å². The smallest absolute Gasteiger partial charge is 0.374 e. The Hall–Kier alpha value is -1.30. The number of hydrogen-bond acceptors (Lipinski definition) is 2. The van der Waals surface area contributed by atoms with Crippen LogP contribution in [0.5, 0.6) is 0 Å². The van der Waals surface area contributed by atoms with Crippen molar-refractivity contribution in [3.63, 3.8) is 0 Å². The number of aryl methyl sites for hydroxylation is 1. The van der Waals surface area contributed by atoms with Crippen molar-refractivity contribution in [2.75, 3.05) is 25.5 Å². The molecule has 0 saturated carbocycles. The number of nitrogens with zero attached hydrogens (tertiary/aromatic N) is 1. The van der Waals surface area contributed by atoms with Crippen LogP contribution in [0.15, 0.2) is 12.1 Å². The Morgan fingerprint density at radius 2 is 1.90 bits per heavy atom. The van der Waals surface area contributed by atoms with Gasteiger partial charge in [0.25, 0.3) is 0 Å². The second-order valence-electron chi connectivity index (χ2n) is 4.96. The maximum absolute atomic E-state index is 13.7. The van der Waals surface area contributed by atoms with Crippen molar-refractivity contribution in [2.45, 2.75) is 32.5 Å². The molecule has 0 spiro atoms. The van der Waals surface area contributed by atoms with Crippen LogP contribution in [-0.2, 0) is 0 Å². The first kappa shape index (κ1) is 16.8. The van der Waals surface area contributed by atoms with E-state index in [0.29, 0.717) is 16.8 Å². The first-order chi connectivity index (χ1) is 9.15. The van der Waals surface area contributed by atoms with Gasteiger partial charge in [-0.15, -0.1) is 0 Å². The molecule has 1 unspecified atom stereocenters. The number of rotatable bonds is 5. The highest BCUT2D eigenvalue weighted by Gasteiger charge is 2.27. The van der Waals surface area contributed by atoms with Crippen molar-refractivity contribution in [2.24, 2.45) is 0 Å². The van der Waals surface area contributed by atoms with Crippen LogP contribution in [0.1, 0.15) is 30.5 Å². The number of halogens is 4. The Morgan fingerprint density at radius 1 is 1.30 bits per heavy atom. The normalized spacial score (nSPS) is 13.4. The molecule has 0 aliphatic rings. The highest BCUT2D eigenvalue weighted by atomic mass is 19.4. The summed E-state index contributed by atoms with van der Waals surface area (Å²) in [5, 5.41) is 2.98. The molecule has 1 rings (SSSR count). The molecule has 1 aromatic carbocycles. The lowest BCUT2D eigenvalue weighted by Gasteiger charge is -2.26. The summed E-state index contributed by atoms with van der Waals surface area (Å²) in [7, 11) is 3.31. The molecule has 2 nitrogen and oxygen atoms in total. The number of benzene rings is 1. The average Bonchev–Trinajstić information content (AvgIpc) is 2.36. The van der Waals surface area contributed by atoms with Crippen LogP contribution >= 0.6 is 0 Å². The van der Waals surface area contributed by atoms with Crippen LogP contribution in [0.4, 0.5) is 23.2 Å². The van der Waals surface area contributed by atoms with Gasteiger partial charge < -0.3 is 10.2 Å². The van der Waals surface area contributed by atoms with Crippen molar-refractivity contribution < 1.29 is 17.6 Å². The van der Waals surface area contributed by atoms with Crippen LogP contribution in [0.3, 0.4) is 0 Å². The summed E-state index contributed by atoms with van der Waals surface area (Å²) in [6.07, 6.45) is -5.09. The predicted molar refractivity (Wildman–Crippen MR) is 72.6 cm³/mol. The van der Waals surface area contributed by atoms with Crippen molar-refractivity contribution in [1.29, 1.82) is 0 Å². The molecule has 0 aromatic heterocycles. The molecule has 1 atom stereocenters. The van der Waals surface area contributed by atoms with E-state index in [1.54, 1.807) is 27.1 Å². The predicted octanol–water partition coefficient (Wildman–Crippen LogP) is 3.80. The SMILES string of the molecule is CNC(C)c1cc(F)c(C)cc1N(C)CCC(F)(F)F. The molecule has 0 bridgehead atoms. The topological polar surface area (TPSA) is 15.3 Å². The number of anilines is 1. The maximum Gasteiger partial charge on any atom is 0.390 e. The fraction of sp³-hybridized carbons (Fsp3) is 0.571. The zero-order valence-electron chi connectivity index (χ0n) is 12.1. The van der Waals surface area contributed by atoms with Gasteiger partial charge in [0, 0.05) is 25.3 Å². The molecule has 0 heterocycles. The average molecular weight is 292 g/mol. The lowest BCUT2D eigenvalue weighted by atomic mass is 10.0. The van der Waals surface area contributed by atoms with E-state index in [1.807, 2.05) is 6.92 Å². The summed E-state index contributed by atoms with van der Waals surface area (Å²) < 4.78 is 50.6. The molecule has 114 valence electrons. The fourth-order valence-corrected chi connectivity index (χ4v) is 1.93. The quantitative estimate of drug-likeness (QED) is 0.830. The van der Waals surface area contributed by atoms with Crippen LogP contribution in [0.2, 0.25) is 0 Å². The third kappa shape index (κ3) is 4.37. The Balaban J connectivity index is 3.05. The van der Waals surface area contributed by atoms with E-state index >= 15 is 0 Å². The lowest BCUT2D eigenvalue weighted by Crippen LogP contribution is -2.26. The van der Waals surface area contributed by atoms with E-state index in [1.165, 1.54) is 11.0 Å². The summed E-state index contributed by atoms with van der Waals surface area (Å²) in [4.78, 5) is 1.52. The highest BCUT2D eigenvalue weighted by Crippen LogP contribution is 2.30. The largest absolute Gasteiger partial charge is 0.390 e. The van der Waals surface area contributed by atoms with Gasteiger partial charge >= 0.3 is 6.18 Å². The minimum Gasteiger partial charge on any atom is -0.374 e. The van der Waals surface area contributed by atoms with E-state index in [-0.39, 0.29) is 18.4 Å². The van der Waals surface area contributed by atoms with E-state index < -0.39 is 12.6 Å². The Kier molecular flexibility index (Phi) is 5.39. The van der Waals surface area contributed by atoms with Gasteiger partial charge in [-0.1, -0.05) is 0 Å². The standard InChI is InChI=1S/C14H20F4N2/c1-9-7-13(20(4)6-5-14(16,17)18)11(8-12(9)15)10(2)19-3/h7-8,10,19H,5-6H2,1-4H3. The van der Waals surface area contributed by atoms with Gasteiger partial charge in [0.2, 0.25) is 0 Å². The minimum atomic E-state index is -4.20. The molecular formula is C14H20F4N2. The molecule has 0 aliphatic carbocycles.